The van der Waals surface area contributed by atoms with Gasteiger partial charge in [-0.25, -0.2) is 4.79 Å². The lowest BCUT2D eigenvalue weighted by molar-refractivity contribution is -0.0178. The summed E-state index contributed by atoms with van der Waals surface area (Å²) in [6.07, 6.45) is 7.82. The van der Waals surface area contributed by atoms with Crippen LogP contribution in [0.2, 0.25) is 18.1 Å². The molecule has 0 saturated carbocycles. The number of nitrogens with zero attached hydrogens (tertiary/aromatic N) is 1. The van der Waals surface area contributed by atoms with E-state index in [4.69, 9.17) is 9.16 Å². The van der Waals surface area contributed by atoms with E-state index in [1.54, 1.807) is 11.0 Å². The number of hydrogen-bond acceptors (Lipinski definition) is 4. The second-order valence-corrected chi connectivity index (χ2v) is 14.7. The van der Waals surface area contributed by atoms with Gasteiger partial charge in [-0.15, -0.1) is 0 Å². The fraction of sp³-hybridized carbons (Fsp3) is 0.542. The van der Waals surface area contributed by atoms with Gasteiger partial charge in [0, 0.05) is 0 Å². The first-order chi connectivity index (χ1) is 14.1. The van der Waals surface area contributed by atoms with Crippen molar-refractivity contribution in [1.82, 2.24) is 4.90 Å². The fourth-order valence-electron chi connectivity index (χ4n) is 3.81. The van der Waals surface area contributed by atoms with Crippen molar-refractivity contribution in [3.8, 4) is 0 Å². The lowest BCUT2D eigenvalue weighted by Crippen LogP contribution is -2.62. The normalized spacial score (nSPS) is 26.4. The van der Waals surface area contributed by atoms with Crippen LogP contribution < -0.4 is 0 Å². The molecule has 1 heterocycles. The lowest BCUT2D eigenvalue weighted by atomic mass is 9.85. The van der Waals surface area contributed by atoms with Crippen LogP contribution in [0.15, 0.2) is 54.6 Å². The van der Waals surface area contributed by atoms with Gasteiger partial charge in [-0.3, -0.25) is 4.90 Å². The molecule has 164 valence electrons. The van der Waals surface area contributed by atoms with Gasteiger partial charge in [0.05, 0.1) is 24.3 Å². The standard InChI is InChI=1S/C24H35NO4Si/c1-23(2,3)30(4,5)29-18-20-13-9-15-24(16-10-14-21(24)26)25(20)22(27)28-17-19-11-7-6-8-12-19/h6-12,14-15,20-21,26H,13,16-18H2,1-5H3/t20-,21?,24-/m1/s1. The molecule has 1 amide bonds. The van der Waals surface area contributed by atoms with E-state index >= 15 is 0 Å². The minimum Gasteiger partial charge on any atom is -0.445 e. The second-order valence-electron chi connectivity index (χ2n) is 9.84. The molecule has 1 aliphatic heterocycles. The van der Waals surface area contributed by atoms with E-state index < -0.39 is 26.1 Å². The van der Waals surface area contributed by atoms with Gasteiger partial charge >= 0.3 is 6.09 Å². The third kappa shape index (κ3) is 4.56. The van der Waals surface area contributed by atoms with Gasteiger partial charge < -0.3 is 14.3 Å². The predicted octanol–water partition coefficient (Wildman–Crippen LogP) is 5.04. The van der Waals surface area contributed by atoms with E-state index in [9.17, 15) is 9.90 Å². The number of aliphatic hydroxyl groups is 1. The van der Waals surface area contributed by atoms with Crippen LogP contribution in [0, 0.1) is 0 Å². The first-order valence-electron chi connectivity index (χ1n) is 10.7. The SMILES string of the molecule is CC(C)(C)[Si](C)(C)OC[C@H]1CC=C[C@]2(CC=CC2O)N1C(=O)OCc1ccccc1. The van der Waals surface area contributed by atoms with Crippen molar-refractivity contribution in [2.75, 3.05) is 6.61 Å². The number of carbonyl (C=O) groups is 1. The van der Waals surface area contributed by atoms with Gasteiger partial charge in [-0.1, -0.05) is 75.4 Å². The molecule has 1 aromatic rings. The highest BCUT2D eigenvalue weighted by Gasteiger charge is 2.50. The average Bonchev–Trinajstić information content (AvgIpc) is 3.05. The number of aliphatic hydroxyl groups excluding tert-OH is 1. The highest BCUT2D eigenvalue weighted by Crippen LogP contribution is 2.40. The largest absolute Gasteiger partial charge is 0.445 e. The molecular formula is C24H35NO4Si. The molecule has 0 radical (unpaired) electrons. The van der Waals surface area contributed by atoms with Crippen LogP contribution in [0.1, 0.15) is 39.2 Å². The predicted molar refractivity (Wildman–Crippen MR) is 122 cm³/mol. The van der Waals surface area contributed by atoms with Crippen molar-refractivity contribution in [3.05, 3.63) is 60.2 Å². The van der Waals surface area contributed by atoms with Crippen LogP contribution >= 0.6 is 0 Å². The van der Waals surface area contributed by atoms with Gasteiger partial charge in [0.1, 0.15) is 6.61 Å². The van der Waals surface area contributed by atoms with Gasteiger partial charge in [0.15, 0.2) is 8.32 Å². The maximum absolute atomic E-state index is 13.3. The topological polar surface area (TPSA) is 59.0 Å². The molecule has 30 heavy (non-hydrogen) atoms. The third-order valence-corrected chi connectivity index (χ3v) is 11.2. The van der Waals surface area contributed by atoms with Crippen LogP contribution in [-0.2, 0) is 15.8 Å². The highest BCUT2D eigenvalue weighted by atomic mass is 28.4. The molecule has 0 bridgehead atoms. The molecule has 0 fully saturated rings. The van der Waals surface area contributed by atoms with Crippen LogP contribution in [0.4, 0.5) is 4.79 Å². The Morgan fingerprint density at radius 2 is 1.93 bits per heavy atom. The Hall–Kier alpha value is -1.89. The summed E-state index contributed by atoms with van der Waals surface area (Å²) in [5.41, 5.74) is 0.139. The summed E-state index contributed by atoms with van der Waals surface area (Å²) < 4.78 is 12.2. The number of hydrogen-bond donors (Lipinski definition) is 1. The van der Waals surface area contributed by atoms with Crippen molar-refractivity contribution in [2.45, 2.75) is 76.0 Å². The first kappa shape index (κ1) is 22.8. The van der Waals surface area contributed by atoms with Gasteiger partial charge in [-0.2, -0.15) is 0 Å². The first-order valence-corrected chi connectivity index (χ1v) is 13.6. The number of ether oxygens (including phenoxy) is 1. The number of carbonyl (C=O) groups excluding carboxylic acids is 1. The van der Waals surface area contributed by atoms with Gasteiger partial charge in [0.25, 0.3) is 0 Å². The molecule has 1 N–H and O–H groups in total. The molecule has 2 aliphatic rings. The average molecular weight is 430 g/mol. The Bertz CT molecular complexity index is 799. The molecule has 1 spiro atoms. The van der Waals surface area contributed by atoms with E-state index in [0.29, 0.717) is 19.4 Å². The summed E-state index contributed by atoms with van der Waals surface area (Å²) in [6.45, 7) is 11.7. The van der Waals surface area contributed by atoms with E-state index in [2.05, 4.69) is 39.9 Å². The van der Waals surface area contributed by atoms with Gasteiger partial charge in [-0.05, 0) is 36.5 Å². The Balaban J connectivity index is 1.80. The summed E-state index contributed by atoms with van der Waals surface area (Å²) in [4.78, 5) is 15.0. The van der Waals surface area contributed by atoms with Crippen LogP contribution in [0.3, 0.4) is 0 Å². The Kier molecular flexibility index (Phi) is 6.60. The third-order valence-electron chi connectivity index (χ3n) is 6.75. The molecule has 0 aromatic heterocycles. The minimum absolute atomic E-state index is 0.0856. The highest BCUT2D eigenvalue weighted by molar-refractivity contribution is 6.74. The smallest absolute Gasteiger partial charge is 0.411 e. The minimum atomic E-state index is -1.97. The van der Waals surface area contributed by atoms with Crippen molar-refractivity contribution >= 4 is 14.4 Å². The molecule has 5 nitrogen and oxygen atoms in total. The van der Waals surface area contributed by atoms with E-state index in [1.165, 1.54) is 0 Å². The second kappa shape index (κ2) is 8.69. The van der Waals surface area contributed by atoms with Crippen LogP contribution in [0.5, 0.6) is 0 Å². The summed E-state index contributed by atoms with van der Waals surface area (Å²) in [7, 11) is -1.97. The zero-order valence-corrected chi connectivity index (χ0v) is 19.8. The number of amides is 1. The van der Waals surface area contributed by atoms with E-state index in [-0.39, 0.29) is 17.7 Å². The molecular weight excluding hydrogens is 394 g/mol. The molecule has 3 atom stereocenters. The van der Waals surface area contributed by atoms with Crippen molar-refractivity contribution in [1.29, 1.82) is 0 Å². The maximum atomic E-state index is 13.3. The van der Waals surface area contributed by atoms with Crippen molar-refractivity contribution in [2.24, 2.45) is 0 Å². The molecule has 1 aromatic carbocycles. The van der Waals surface area contributed by atoms with Gasteiger partial charge in [0.2, 0.25) is 0 Å². The lowest BCUT2D eigenvalue weighted by Gasteiger charge is -2.48. The molecule has 1 unspecified atom stereocenters. The molecule has 0 saturated heterocycles. The summed E-state index contributed by atoms with van der Waals surface area (Å²) in [5, 5.41) is 10.9. The summed E-state index contributed by atoms with van der Waals surface area (Å²) in [6, 6.07) is 9.47. The Morgan fingerprint density at radius 1 is 1.23 bits per heavy atom. The van der Waals surface area contributed by atoms with E-state index in [1.807, 2.05) is 42.5 Å². The number of benzene rings is 1. The van der Waals surface area contributed by atoms with E-state index in [0.717, 1.165) is 5.56 Å². The monoisotopic (exact) mass is 429 g/mol. The number of rotatable bonds is 5. The Labute approximate surface area is 181 Å². The summed E-state index contributed by atoms with van der Waals surface area (Å²) >= 11 is 0. The van der Waals surface area contributed by atoms with Crippen LogP contribution in [-0.4, -0.2) is 48.7 Å². The molecule has 6 heteroatoms. The molecule has 3 rings (SSSR count). The molecule has 1 aliphatic carbocycles. The van der Waals surface area contributed by atoms with Crippen molar-refractivity contribution < 1.29 is 19.1 Å². The maximum Gasteiger partial charge on any atom is 0.411 e. The summed E-state index contributed by atoms with van der Waals surface area (Å²) in [5.74, 6) is 0. The van der Waals surface area contributed by atoms with Crippen LogP contribution in [0.25, 0.3) is 0 Å². The zero-order chi connectivity index (χ0) is 22.0. The zero-order valence-electron chi connectivity index (χ0n) is 18.8. The van der Waals surface area contributed by atoms with Crippen molar-refractivity contribution in [3.63, 3.8) is 0 Å². The Morgan fingerprint density at radius 3 is 2.53 bits per heavy atom. The quantitative estimate of drug-likeness (QED) is 0.526. The fourth-order valence-corrected chi connectivity index (χ4v) is 4.85.